The van der Waals surface area contributed by atoms with Crippen LogP contribution < -0.4 is 11.2 Å². The van der Waals surface area contributed by atoms with Crippen molar-refractivity contribution in [3.05, 3.63) is 74.9 Å². The van der Waals surface area contributed by atoms with Crippen LogP contribution in [0.1, 0.15) is 10.4 Å². The first-order valence-corrected chi connectivity index (χ1v) is 8.14. The van der Waals surface area contributed by atoms with E-state index in [1.165, 1.54) is 36.4 Å². The molecule has 0 unspecified atom stereocenters. The molecule has 8 nitrogen and oxygen atoms in total. The highest BCUT2D eigenvalue weighted by Gasteiger charge is 2.29. The fourth-order valence-corrected chi connectivity index (χ4v) is 3.59. The molecule has 0 fully saturated rings. The number of hydrogen-bond donors (Lipinski definition) is 2. The maximum absolute atomic E-state index is 12.6. The molecule has 122 valence electrons. The van der Waals surface area contributed by atoms with E-state index in [0.717, 1.165) is 6.07 Å². The lowest BCUT2D eigenvalue weighted by Gasteiger charge is -2.07. The number of sulfone groups is 1. The van der Waals surface area contributed by atoms with Gasteiger partial charge in [0.15, 0.2) is 0 Å². The molecule has 2 N–H and O–H groups in total. The van der Waals surface area contributed by atoms with Crippen LogP contribution in [0.3, 0.4) is 0 Å². The van der Waals surface area contributed by atoms with Gasteiger partial charge in [-0.3, -0.25) is 9.59 Å². The van der Waals surface area contributed by atoms with Crippen molar-refractivity contribution in [2.24, 2.45) is 0 Å². The van der Waals surface area contributed by atoms with Crippen LogP contribution in [-0.4, -0.2) is 28.5 Å². The van der Waals surface area contributed by atoms with Crippen molar-refractivity contribution >= 4 is 25.9 Å². The molecule has 9 heteroatoms. The van der Waals surface area contributed by atoms with Gasteiger partial charge in [0.25, 0.3) is 10.7 Å². The largest absolute Gasteiger partial charge is 0.421 e. The molecule has 0 spiro atoms. The molecular weight excluding hydrogens is 336 g/mol. The number of nitrogens with zero attached hydrogens (tertiary/aromatic N) is 1. The lowest BCUT2D eigenvalue weighted by atomic mass is 10.2. The number of hydrogen-bond acceptors (Lipinski definition) is 6. The van der Waals surface area contributed by atoms with E-state index >= 15 is 0 Å². The second-order valence-corrected chi connectivity index (χ2v) is 6.70. The highest BCUT2D eigenvalue weighted by molar-refractivity contribution is 8.06. The maximum Gasteiger partial charge on any atom is 0.362 e. The molecule has 0 saturated carbocycles. The van der Waals surface area contributed by atoms with Gasteiger partial charge in [0.2, 0.25) is 9.84 Å². The van der Waals surface area contributed by atoms with Crippen LogP contribution in [0.4, 0.5) is 0 Å². The van der Waals surface area contributed by atoms with Gasteiger partial charge in [-0.25, -0.2) is 13.2 Å². The summed E-state index contributed by atoms with van der Waals surface area (Å²) in [5.74, 6) is 0. The first kappa shape index (κ1) is 15.7. The average molecular weight is 346 g/mol. The summed E-state index contributed by atoms with van der Waals surface area (Å²) in [6.07, 6.45) is 0. The van der Waals surface area contributed by atoms with Gasteiger partial charge < -0.3 is 10.2 Å². The second-order valence-electron chi connectivity index (χ2n) is 4.88. The van der Waals surface area contributed by atoms with Gasteiger partial charge in [0.1, 0.15) is 0 Å². The molecule has 2 aromatic carbocycles. The quantitative estimate of drug-likeness (QED) is 0.652. The topological polar surface area (TPSA) is 126 Å². The van der Waals surface area contributed by atoms with Gasteiger partial charge in [-0.1, -0.05) is 41.1 Å². The number of aromatic amines is 1. The Balaban J connectivity index is 2.32. The summed E-state index contributed by atoms with van der Waals surface area (Å²) in [6, 6.07) is 10.9. The van der Waals surface area contributed by atoms with Crippen LogP contribution in [0.15, 0.2) is 63.0 Å². The Morgan fingerprint density at radius 2 is 1.67 bits per heavy atom. The Morgan fingerprint density at radius 1 is 1.00 bits per heavy atom. The van der Waals surface area contributed by atoms with Crippen molar-refractivity contribution in [3.8, 4) is 0 Å². The fourth-order valence-electron chi connectivity index (χ4n) is 2.26. The number of H-pyrrole nitrogens is 1. The minimum absolute atomic E-state index is 0.0487. The highest BCUT2D eigenvalue weighted by Crippen LogP contribution is 2.22. The van der Waals surface area contributed by atoms with Gasteiger partial charge in [-0.15, -0.1) is 0 Å². The van der Waals surface area contributed by atoms with Gasteiger partial charge >= 0.3 is 5.69 Å². The maximum atomic E-state index is 12.6. The summed E-state index contributed by atoms with van der Waals surface area (Å²) in [5.41, 5.74) is -2.67. The SMILES string of the molecule is O=C(c1ccccc1)S(=O)(=O)c1cccc2c(=O)n(O)c(=O)[nH]c12. The summed E-state index contributed by atoms with van der Waals surface area (Å²) in [5, 5.41) is 7.93. The van der Waals surface area contributed by atoms with E-state index < -0.39 is 31.1 Å². The molecule has 0 aliphatic carbocycles. The molecular formula is C15H10N2O6S. The number of carbonyl (C=O) groups excluding carboxylic acids is 1. The normalized spacial score (nSPS) is 11.5. The first-order valence-electron chi connectivity index (χ1n) is 6.66. The molecule has 0 amide bonds. The molecule has 1 aromatic heterocycles. The van der Waals surface area contributed by atoms with Crippen LogP contribution in [0.5, 0.6) is 0 Å². The number of rotatable bonds is 2. The smallest absolute Gasteiger partial charge is 0.362 e. The summed E-state index contributed by atoms with van der Waals surface area (Å²) >= 11 is 0. The van der Waals surface area contributed by atoms with Crippen LogP contribution in [-0.2, 0) is 9.84 Å². The Kier molecular flexibility index (Phi) is 3.57. The van der Waals surface area contributed by atoms with Crippen LogP contribution in [0.25, 0.3) is 10.9 Å². The van der Waals surface area contributed by atoms with E-state index in [4.69, 9.17) is 0 Å². The predicted molar refractivity (Wildman–Crippen MR) is 84.0 cm³/mol. The third kappa shape index (κ3) is 2.31. The van der Waals surface area contributed by atoms with Gasteiger partial charge in [0.05, 0.1) is 15.8 Å². The van der Waals surface area contributed by atoms with E-state index in [0.29, 0.717) is 0 Å². The van der Waals surface area contributed by atoms with Crippen LogP contribution in [0.2, 0.25) is 0 Å². The fraction of sp³-hybridized carbons (Fsp3) is 0. The molecule has 0 saturated heterocycles. The zero-order valence-corrected chi connectivity index (χ0v) is 12.8. The van der Waals surface area contributed by atoms with Gasteiger partial charge in [0, 0.05) is 5.56 Å². The first-order chi connectivity index (χ1) is 11.3. The molecule has 0 bridgehead atoms. The standard InChI is InChI=1S/C15H10N2O6S/c18-13-10-7-4-8-11(12(10)16-15(20)17(13)21)24(22,23)14(19)9-5-2-1-3-6-9/h1-8,21H,(H,16,20). The lowest BCUT2D eigenvalue weighted by molar-refractivity contribution is 0.107. The van der Waals surface area contributed by atoms with E-state index in [1.54, 1.807) is 6.07 Å². The molecule has 0 atom stereocenters. The minimum Gasteiger partial charge on any atom is -0.421 e. The average Bonchev–Trinajstić information content (AvgIpc) is 2.59. The summed E-state index contributed by atoms with van der Waals surface area (Å²) in [7, 11) is -4.50. The van der Waals surface area contributed by atoms with E-state index in [2.05, 4.69) is 4.98 Å². The predicted octanol–water partition coefficient (Wildman–Crippen LogP) is 0.541. The molecule has 0 aliphatic rings. The van der Waals surface area contributed by atoms with Gasteiger partial charge in [-0.2, -0.15) is 0 Å². The molecule has 1 heterocycles. The number of fused-ring (bicyclic) bond motifs is 1. The third-order valence-electron chi connectivity index (χ3n) is 3.42. The number of para-hydroxylation sites is 1. The molecule has 0 aliphatic heterocycles. The van der Waals surface area contributed by atoms with Crippen molar-refractivity contribution in [2.45, 2.75) is 4.90 Å². The van der Waals surface area contributed by atoms with Crippen molar-refractivity contribution in [2.75, 3.05) is 0 Å². The third-order valence-corrected chi connectivity index (χ3v) is 5.06. The number of benzene rings is 2. The van der Waals surface area contributed by atoms with Crippen molar-refractivity contribution < 1.29 is 18.4 Å². The van der Waals surface area contributed by atoms with Gasteiger partial charge in [-0.05, 0) is 12.1 Å². The summed E-state index contributed by atoms with van der Waals surface area (Å²) < 4.78 is 25.1. The zero-order chi connectivity index (χ0) is 17.5. The Bertz CT molecular complexity index is 1180. The molecule has 24 heavy (non-hydrogen) atoms. The summed E-state index contributed by atoms with van der Waals surface area (Å²) in [6.45, 7) is 0. The van der Waals surface area contributed by atoms with Crippen molar-refractivity contribution in [1.29, 1.82) is 0 Å². The monoisotopic (exact) mass is 346 g/mol. The van der Waals surface area contributed by atoms with Crippen molar-refractivity contribution in [3.63, 3.8) is 0 Å². The summed E-state index contributed by atoms with van der Waals surface area (Å²) in [4.78, 5) is 37.4. The number of nitrogens with one attached hydrogen (secondary N) is 1. The Hall–Kier alpha value is -3.20. The van der Waals surface area contributed by atoms with E-state index in [-0.39, 0.29) is 21.2 Å². The Labute approximate surface area is 134 Å². The minimum atomic E-state index is -4.50. The number of carbonyl (C=O) groups is 1. The lowest BCUT2D eigenvalue weighted by Crippen LogP contribution is -2.33. The second kappa shape index (κ2) is 5.46. The number of aromatic nitrogens is 2. The highest BCUT2D eigenvalue weighted by atomic mass is 32.2. The Morgan fingerprint density at radius 3 is 2.33 bits per heavy atom. The zero-order valence-electron chi connectivity index (χ0n) is 12.0. The van der Waals surface area contributed by atoms with E-state index in [9.17, 15) is 28.0 Å². The molecule has 0 radical (unpaired) electrons. The van der Waals surface area contributed by atoms with Crippen molar-refractivity contribution in [1.82, 2.24) is 9.71 Å². The molecule has 3 rings (SSSR count). The van der Waals surface area contributed by atoms with E-state index in [1.807, 2.05) is 0 Å². The molecule has 3 aromatic rings. The van der Waals surface area contributed by atoms with Crippen LogP contribution >= 0.6 is 0 Å². The van der Waals surface area contributed by atoms with Crippen LogP contribution in [0, 0.1) is 0 Å².